The van der Waals surface area contributed by atoms with Crippen LogP contribution >= 0.6 is 0 Å². The van der Waals surface area contributed by atoms with Gasteiger partial charge in [0.2, 0.25) is 0 Å². The van der Waals surface area contributed by atoms with Crippen molar-refractivity contribution < 1.29 is 4.74 Å². The van der Waals surface area contributed by atoms with Crippen LogP contribution in [0.1, 0.15) is 62.0 Å². The molecular weight excluding hydrogens is 270 g/mol. The molecule has 2 aliphatic rings. The third kappa shape index (κ3) is 4.33. The van der Waals surface area contributed by atoms with Gasteiger partial charge in [-0.15, -0.1) is 0 Å². The van der Waals surface area contributed by atoms with Gasteiger partial charge in [0.15, 0.2) is 0 Å². The molecule has 0 radical (unpaired) electrons. The molecule has 0 spiro atoms. The molecule has 3 rings (SSSR count). The van der Waals surface area contributed by atoms with Crippen molar-refractivity contribution in [3.63, 3.8) is 0 Å². The Hall–Kier alpha value is -0.860. The fourth-order valence-electron chi connectivity index (χ4n) is 4.20. The summed E-state index contributed by atoms with van der Waals surface area (Å²) in [4.78, 5) is 0. The molecule has 2 heteroatoms. The highest BCUT2D eigenvalue weighted by molar-refractivity contribution is 5.29. The van der Waals surface area contributed by atoms with E-state index in [1.807, 2.05) is 0 Å². The van der Waals surface area contributed by atoms with Crippen molar-refractivity contribution in [3.05, 3.63) is 35.4 Å². The molecule has 1 N–H and O–H groups in total. The predicted molar refractivity (Wildman–Crippen MR) is 92.3 cm³/mol. The molecule has 0 unspecified atom stereocenters. The van der Waals surface area contributed by atoms with Gasteiger partial charge >= 0.3 is 0 Å². The van der Waals surface area contributed by atoms with E-state index in [0.29, 0.717) is 6.04 Å². The van der Waals surface area contributed by atoms with E-state index < -0.39 is 0 Å². The SMILES string of the molecule is Cc1ccccc1C1CCC(CCNC2CCOCC2)CC1. The summed E-state index contributed by atoms with van der Waals surface area (Å²) in [6.07, 6.45) is 9.33. The molecule has 1 aliphatic heterocycles. The lowest BCUT2D eigenvalue weighted by Gasteiger charge is -2.30. The largest absolute Gasteiger partial charge is 0.381 e. The average Bonchev–Trinajstić information content (AvgIpc) is 2.57. The third-order valence-electron chi connectivity index (χ3n) is 5.68. The number of nitrogens with one attached hydrogen (secondary N) is 1. The summed E-state index contributed by atoms with van der Waals surface area (Å²) < 4.78 is 5.42. The molecule has 0 aromatic heterocycles. The van der Waals surface area contributed by atoms with E-state index in [9.17, 15) is 0 Å². The van der Waals surface area contributed by atoms with Crippen molar-refractivity contribution in [1.29, 1.82) is 0 Å². The Balaban J connectivity index is 1.37. The van der Waals surface area contributed by atoms with E-state index in [-0.39, 0.29) is 0 Å². The molecule has 122 valence electrons. The second-order valence-electron chi connectivity index (χ2n) is 7.20. The van der Waals surface area contributed by atoms with Gasteiger partial charge in [0, 0.05) is 19.3 Å². The highest BCUT2D eigenvalue weighted by Crippen LogP contribution is 2.37. The topological polar surface area (TPSA) is 21.3 Å². The Bertz CT molecular complexity index is 445. The number of hydrogen-bond acceptors (Lipinski definition) is 2. The molecule has 1 aromatic carbocycles. The lowest BCUT2D eigenvalue weighted by atomic mass is 9.76. The van der Waals surface area contributed by atoms with Crippen molar-refractivity contribution >= 4 is 0 Å². The second kappa shape index (κ2) is 8.12. The van der Waals surface area contributed by atoms with Crippen LogP contribution in [-0.2, 0) is 4.74 Å². The summed E-state index contributed by atoms with van der Waals surface area (Å²) in [7, 11) is 0. The standard InChI is InChI=1S/C20H31NO/c1-16-4-2-3-5-20(16)18-8-6-17(7-9-18)10-13-21-19-11-14-22-15-12-19/h2-5,17-19,21H,6-15H2,1H3. The van der Waals surface area contributed by atoms with Crippen LogP contribution in [0.25, 0.3) is 0 Å². The molecule has 1 heterocycles. The molecule has 2 fully saturated rings. The van der Waals surface area contributed by atoms with Crippen LogP contribution < -0.4 is 5.32 Å². The first-order chi connectivity index (χ1) is 10.8. The highest BCUT2D eigenvalue weighted by Gasteiger charge is 2.23. The number of ether oxygens (including phenoxy) is 1. The zero-order chi connectivity index (χ0) is 15.2. The lowest BCUT2D eigenvalue weighted by Crippen LogP contribution is -2.36. The molecule has 0 bridgehead atoms. The van der Waals surface area contributed by atoms with Gasteiger partial charge in [-0.25, -0.2) is 0 Å². The van der Waals surface area contributed by atoms with Crippen LogP contribution in [0.3, 0.4) is 0 Å². The summed E-state index contributed by atoms with van der Waals surface area (Å²) in [5.74, 6) is 1.74. The van der Waals surface area contributed by atoms with E-state index in [4.69, 9.17) is 4.74 Å². The summed E-state index contributed by atoms with van der Waals surface area (Å²) in [6, 6.07) is 9.67. The van der Waals surface area contributed by atoms with Crippen molar-refractivity contribution in [1.82, 2.24) is 5.32 Å². The highest BCUT2D eigenvalue weighted by atomic mass is 16.5. The first kappa shape index (κ1) is 16.0. The summed E-state index contributed by atoms with van der Waals surface area (Å²) >= 11 is 0. The monoisotopic (exact) mass is 301 g/mol. The predicted octanol–water partition coefficient (Wildman–Crippen LogP) is 4.43. The van der Waals surface area contributed by atoms with E-state index in [2.05, 4.69) is 36.5 Å². The van der Waals surface area contributed by atoms with Gasteiger partial charge in [0.25, 0.3) is 0 Å². The average molecular weight is 301 g/mol. The summed E-state index contributed by atoms with van der Waals surface area (Å²) in [6.45, 7) is 5.35. The minimum Gasteiger partial charge on any atom is -0.381 e. The molecule has 2 nitrogen and oxygen atoms in total. The molecule has 1 saturated carbocycles. The number of aryl methyl sites for hydroxylation is 1. The van der Waals surface area contributed by atoms with Gasteiger partial charge in [-0.2, -0.15) is 0 Å². The van der Waals surface area contributed by atoms with Crippen LogP contribution in [0.15, 0.2) is 24.3 Å². The Kier molecular flexibility index (Phi) is 5.91. The first-order valence-electron chi connectivity index (χ1n) is 9.19. The molecular formula is C20H31NO. The number of rotatable bonds is 5. The zero-order valence-corrected chi connectivity index (χ0v) is 14.0. The zero-order valence-electron chi connectivity index (χ0n) is 14.0. The van der Waals surface area contributed by atoms with Crippen LogP contribution in [0.2, 0.25) is 0 Å². The van der Waals surface area contributed by atoms with Crippen LogP contribution in [-0.4, -0.2) is 25.8 Å². The van der Waals surface area contributed by atoms with Gasteiger partial charge < -0.3 is 10.1 Å². The van der Waals surface area contributed by atoms with E-state index in [1.165, 1.54) is 57.1 Å². The fourth-order valence-corrected chi connectivity index (χ4v) is 4.20. The second-order valence-corrected chi connectivity index (χ2v) is 7.20. The van der Waals surface area contributed by atoms with Crippen molar-refractivity contribution in [2.45, 2.75) is 63.8 Å². The van der Waals surface area contributed by atoms with Crippen molar-refractivity contribution in [2.75, 3.05) is 19.8 Å². The van der Waals surface area contributed by atoms with Gasteiger partial charge in [0.05, 0.1) is 0 Å². The van der Waals surface area contributed by atoms with Crippen molar-refractivity contribution in [2.24, 2.45) is 5.92 Å². The molecule has 0 atom stereocenters. The van der Waals surface area contributed by atoms with Crippen molar-refractivity contribution in [3.8, 4) is 0 Å². The Labute approximate surface area is 135 Å². The maximum atomic E-state index is 5.42. The summed E-state index contributed by atoms with van der Waals surface area (Å²) in [5.41, 5.74) is 3.08. The van der Waals surface area contributed by atoms with Gasteiger partial charge in [-0.1, -0.05) is 24.3 Å². The molecule has 1 saturated heterocycles. The minimum atomic E-state index is 0.706. The fraction of sp³-hybridized carbons (Fsp3) is 0.700. The third-order valence-corrected chi connectivity index (χ3v) is 5.68. The lowest BCUT2D eigenvalue weighted by molar-refractivity contribution is 0.0775. The normalized spacial score (nSPS) is 27.0. The molecule has 0 amide bonds. The molecule has 1 aliphatic carbocycles. The minimum absolute atomic E-state index is 0.706. The molecule has 1 aromatic rings. The first-order valence-corrected chi connectivity index (χ1v) is 9.19. The van der Waals surface area contributed by atoms with Gasteiger partial charge in [-0.05, 0) is 81.4 Å². The van der Waals surface area contributed by atoms with Crippen LogP contribution in [0, 0.1) is 12.8 Å². The smallest absolute Gasteiger partial charge is 0.0480 e. The Morgan fingerprint density at radius 2 is 1.73 bits per heavy atom. The van der Waals surface area contributed by atoms with E-state index in [0.717, 1.165) is 25.0 Å². The van der Waals surface area contributed by atoms with Gasteiger partial charge in [-0.3, -0.25) is 0 Å². The van der Waals surface area contributed by atoms with E-state index in [1.54, 1.807) is 5.56 Å². The summed E-state index contributed by atoms with van der Waals surface area (Å²) in [5, 5.41) is 3.74. The van der Waals surface area contributed by atoms with E-state index >= 15 is 0 Å². The maximum Gasteiger partial charge on any atom is 0.0480 e. The molecule has 22 heavy (non-hydrogen) atoms. The van der Waals surface area contributed by atoms with Crippen LogP contribution in [0.4, 0.5) is 0 Å². The quantitative estimate of drug-likeness (QED) is 0.869. The Morgan fingerprint density at radius 3 is 2.45 bits per heavy atom. The van der Waals surface area contributed by atoms with Gasteiger partial charge in [0.1, 0.15) is 0 Å². The maximum absolute atomic E-state index is 5.42. The number of benzene rings is 1. The van der Waals surface area contributed by atoms with Crippen LogP contribution in [0.5, 0.6) is 0 Å². The number of hydrogen-bond donors (Lipinski definition) is 1. The Morgan fingerprint density at radius 1 is 1.00 bits per heavy atom.